The molecule has 0 aliphatic rings. The fraction of sp³-hybridized carbons (Fsp3) is 0.333. The molecule has 0 amide bonds. The third kappa shape index (κ3) is 5.30. The summed E-state index contributed by atoms with van der Waals surface area (Å²) in [5.74, 6) is 0. The van der Waals surface area contributed by atoms with Crippen LogP contribution in [0, 0.1) is 0 Å². The minimum atomic E-state index is 0.0377. The van der Waals surface area contributed by atoms with Crippen LogP contribution in [0.1, 0.15) is 12.5 Å². The number of thioether (sulfide) groups is 1. The molecule has 0 atom stereocenters. The average molecular weight is 349 g/mol. The van der Waals surface area contributed by atoms with Gasteiger partial charge in [0.15, 0.2) is 10.2 Å². The van der Waals surface area contributed by atoms with Gasteiger partial charge in [0.2, 0.25) is 0 Å². The first-order chi connectivity index (χ1) is 10.8. The highest BCUT2D eigenvalue weighted by molar-refractivity contribution is 8.13. The number of ether oxygens (including phenoxy) is 1. The molecule has 0 unspecified atom stereocenters. The van der Waals surface area contributed by atoms with Crippen molar-refractivity contribution in [3.63, 3.8) is 0 Å². The van der Waals surface area contributed by atoms with Crippen LogP contribution in [0.25, 0.3) is 10.8 Å². The lowest BCUT2D eigenvalue weighted by molar-refractivity contribution is -0.870. The van der Waals surface area contributed by atoms with Gasteiger partial charge in [-0.2, -0.15) is 0 Å². The summed E-state index contributed by atoms with van der Waals surface area (Å²) in [5.41, 5.74) is 0.820. The van der Waals surface area contributed by atoms with E-state index >= 15 is 0 Å². The number of carbonyl (C=O) groups excluding carboxylic acids is 1. The first-order valence-corrected chi connectivity index (χ1v) is 8.67. The maximum Gasteiger partial charge on any atom is 0.192 e. The van der Waals surface area contributed by atoms with Crippen LogP contribution in [0.5, 0.6) is 0 Å². The van der Waals surface area contributed by atoms with Crippen molar-refractivity contribution in [2.75, 3.05) is 34.3 Å². The van der Waals surface area contributed by atoms with Crippen LogP contribution >= 0.6 is 24.0 Å². The number of likely N-dealkylation sites (N-methyl/N-ethyl adjacent to an activating group) is 1. The van der Waals surface area contributed by atoms with Crippen molar-refractivity contribution in [3.05, 3.63) is 42.0 Å². The zero-order chi connectivity index (χ0) is 17.0. The lowest BCUT2D eigenvalue weighted by Crippen LogP contribution is -2.37. The summed E-state index contributed by atoms with van der Waals surface area (Å²) >= 11 is 6.66. The van der Waals surface area contributed by atoms with Crippen molar-refractivity contribution < 1.29 is 14.0 Å². The Morgan fingerprint density at radius 1 is 1.17 bits per heavy atom. The maximum absolute atomic E-state index is 11.5. The number of fused-ring (bicyclic) bond motifs is 1. The van der Waals surface area contributed by atoms with E-state index < -0.39 is 0 Å². The zero-order valence-corrected chi connectivity index (χ0v) is 15.6. The Bertz CT molecular complexity index is 735. The summed E-state index contributed by atoms with van der Waals surface area (Å²) in [6.07, 6.45) is 0. The highest BCUT2D eigenvalue weighted by atomic mass is 32.2. The smallest absolute Gasteiger partial charge is 0.192 e. The molecule has 0 heterocycles. The predicted octanol–water partition coefficient (Wildman–Crippen LogP) is 3.88. The van der Waals surface area contributed by atoms with Gasteiger partial charge in [-0.15, -0.1) is 0 Å². The molecule has 0 aromatic heterocycles. The minimum absolute atomic E-state index is 0.0377. The average Bonchev–Trinajstić information content (AvgIpc) is 2.44. The normalized spacial score (nSPS) is 11.5. The first-order valence-electron chi connectivity index (χ1n) is 7.45. The number of nitrogens with zero attached hydrogens (tertiary/aromatic N) is 1. The molecule has 0 aliphatic carbocycles. The molecular weight excluding hydrogens is 326 g/mol. The van der Waals surface area contributed by atoms with Gasteiger partial charge in [0, 0.05) is 17.4 Å². The maximum atomic E-state index is 11.5. The molecular formula is C18H22NO2S2+. The van der Waals surface area contributed by atoms with Crippen LogP contribution < -0.4 is 0 Å². The minimum Gasteiger partial charge on any atom is -0.477 e. The highest BCUT2D eigenvalue weighted by Crippen LogP contribution is 2.29. The quantitative estimate of drug-likeness (QED) is 0.465. The van der Waals surface area contributed by atoms with Crippen LogP contribution in [0.2, 0.25) is 0 Å². The molecule has 0 radical (unpaired) electrons. The number of quaternary nitrogens is 1. The van der Waals surface area contributed by atoms with Crippen molar-refractivity contribution in [2.45, 2.75) is 11.8 Å². The van der Waals surface area contributed by atoms with E-state index in [9.17, 15) is 4.79 Å². The molecule has 23 heavy (non-hydrogen) atoms. The van der Waals surface area contributed by atoms with Crippen LogP contribution in [0.15, 0.2) is 41.3 Å². The van der Waals surface area contributed by atoms with Gasteiger partial charge in [-0.25, -0.2) is 0 Å². The van der Waals surface area contributed by atoms with E-state index in [1.165, 1.54) is 11.8 Å². The molecule has 5 heteroatoms. The molecule has 2 aromatic rings. The van der Waals surface area contributed by atoms with E-state index in [0.717, 1.165) is 32.3 Å². The Morgan fingerprint density at radius 2 is 1.78 bits per heavy atom. The van der Waals surface area contributed by atoms with E-state index in [1.807, 2.05) is 36.4 Å². The number of hydrogen-bond donors (Lipinski definition) is 0. The summed E-state index contributed by atoms with van der Waals surface area (Å²) in [6.45, 7) is 2.98. The third-order valence-electron chi connectivity index (χ3n) is 3.32. The van der Waals surface area contributed by atoms with Crippen LogP contribution in [-0.2, 0) is 9.53 Å². The monoisotopic (exact) mass is 348 g/mol. The van der Waals surface area contributed by atoms with E-state index in [2.05, 4.69) is 21.1 Å². The van der Waals surface area contributed by atoms with Crippen molar-refractivity contribution >= 4 is 44.9 Å². The summed E-state index contributed by atoms with van der Waals surface area (Å²) in [5, 5.41) is 2.67. The Hall–Kier alpha value is -1.43. The Labute approximate surface area is 147 Å². The largest absolute Gasteiger partial charge is 0.477 e. The fourth-order valence-corrected chi connectivity index (χ4v) is 3.18. The molecule has 0 spiro atoms. The molecule has 0 N–H and O–H groups in total. The second-order valence-corrected chi connectivity index (χ2v) is 8.03. The molecule has 122 valence electrons. The van der Waals surface area contributed by atoms with Gasteiger partial charge in [0.05, 0.1) is 21.1 Å². The lowest BCUT2D eigenvalue weighted by atomic mass is 10.1. The fourth-order valence-electron chi connectivity index (χ4n) is 2.11. The van der Waals surface area contributed by atoms with Crippen LogP contribution in [0.3, 0.4) is 0 Å². The zero-order valence-electron chi connectivity index (χ0n) is 14.0. The Morgan fingerprint density at radius 3 is 2.35 bits per heavy atom. The van der Waals surface area contributed by atoms with E-state index in [-0.39, 0.29) is 5.12 Å². The number of rotatable bonds is 5. The number of hydrogen-bond acceptors (Lipinski definition) is 4. The molecule has 2 aromatic carbocycles. The second-order valence-electron chi connectivity index (χ2n) is 6.44. The molecule has 2 rings (SSSR count). The van der Waals surface area contributed by atoms with Crippen molar-refractivity contribution in [1.82, 2.24) is 0 Å². The van der Waals surface area contributed by atoms with Crippen LogP contribution in [0.4, 0.5) is 0 Å². The van der Waals surface area contributed by atoms with E-state index in [0.29, 0.717) is 11.7 Å². The highest BCUT2D eigenvalue weighted by Gasteiger charge is 2.15. The number of benzene rings is 2. The van der Waals surface area contributed by atoms with Crippen LogP contribution in [-0.4, -0.2) is 48.9 Å². The predicted molar refractivity (Wildman–Crippen MR) is 101 cm³/mol. The van der Waals surface area contributed by atoms with Gasteiger partial charge >= 0.3 is 0 Å². The third-order valence-corrected chi connectivity index (χ3v) is 4.50. The van der Waals surface area contributed by atoms with Crippen molar-refractivity contribution in [1.29, 1.82) is 0 Å². The summed E-state index contributed by atoms with van der Waals surface area (Å²) < 4.78 is 6.58. The van der Waals surface area contributed by atoms with E-state index in [4.69, 9.17) is 17.0 Å². The van der Waals surface area contributed by atoms with Gasteiger partial charge in [-0.1, -0.05) is 36.0 Å². The number of thiocarbonyl (C=S) groups is 1. The summed E-state index contributed by atoms with van der Waals surface area (Å²) in [6, 6.07) is 12.1. The SMILES string of the molecule is CC(=O)Sc1cc2ccccc2cc1C(=S)OCC[N+](C)(C)C. The van der Waals surface area contributed by atoms with Gasteiger partial charge in [0.1, 0.15) is 13.2 Å². The second kappa shape index (κ2) is 7.43. The Kier molecular flexibility index (Phi) is 5.79. The van der Waals surface area contributed by atoms with Gasteiger partial charge < -0.3 is 9.22 Å². The molecule has 0 aliphatic heterocycles. The first kappa shape index (κ1) is 17.9. The van der Waals surface area contributed by atoms with Crippen molar-refractivity contribution in [2.24, 2.45) is 0 Å². The topological polar surface area (TPSA) is 26.3 Å². The van der Waals surface area contributed by atoms with Gasteiger partial charge in [-0.05, 0) is 35.1 Å². The molecule has 0 fully saturated rings. The Balaban J connectivity index is 2.29. The molecule has 0 saturated heterocycles. The van der Waals surface area contributed by atoms with Gasteiger partial charge in [0.25, 0.3) is 0 Å². The number of carbonyl (C=O) groups is 1. The lowest BCUT2D eigenvalue weighted by Gasteiger charge is -2.23. The van der Waals surface area contributed by atoms with Gasteiger partial charge in [-0.3, -0.25) is 4.79 Å². The molecule has 0 saturated carbocycles. The van der Waals surface area contributed by atoms with E-state index in [1.54, 1.807) is 6.92 Å². The standard InChI is InChI=1S/C18H22NO2S2/c1-13(20)23-17-12-15-8-6-5-7-14(15)11-16(17)18(22)21-10-9-19(2,3)4/h5-8,11-12H,9-10H2,1-4H3/q+1. The van der Waals surface area contributed by atoms with Crippen molar-refractivity contribution in [3.8, 4) is 0 Å². The summed E-state index contributed by atoms with van der Waals surface area (Å²) in [7, 11) is 6.33. The summed E-state index contributed by atoms with van der Waals surface area (Å²) in [4.78, 5) is 12.4. The molecule has 3 nitrogen and oxygen atoms in total. The molecule has 0 bridgehead atoms.